The molecule has 0 amide bonds. The molecule has 26 heavy (non-hydrogen) atoms. The third-order valence-corrected chi connectivity index (χ3v) is 4.70. The third kappa shape index (κ3) is 4.69. The van der Waals surface area contributed by atoms with Crippen LogP contribution in [0.4, 0.5) is 11.9 Å². The number of nitrogens with zero attached hydrogens (tertiary/aromatic N) is 5. The molecule has 1 saturated heterocycles. The lowest BCUT2D eigenvalue weighted by Crippen LogP contribution is -2.30. The summed E-state index contributed by atoms with van der Waals surface area (Å²) in [4.78, 5) is 18.3. The summed E-state index contributed by atoms with van der Waals surface area (Å²) in [5, 5.41) is 3.58. The van der Waals surface area contributed by atoms with E-state index < -0.39 is 0 Å². The highest BCUT2D eigenvalue weighted by Crippen LogP contribution is 2.23. The second-order valence-corrected chi connectivity index (χ2v) is 7.48. The van der Waals surface area contributed by atoms with E-state index in [2.05, 4.69) is 69.3 Å². The largest absolute Gasteiger partial charge is 0.347 e. The quantitative estimate of drug-likeness (QED) is 0.823. The summed E-state index contributed by atoms with van der Waals surface area (Å²) in [6, 6.07) is 10.7. The van der Waals surface area contributed by atoms with E-state index in [4.69, 9.17) is 0 Å². The Labute approximate surface area is 156 Å². The first-order valence-corrected chi connectivity index (χ1v) is 9.50. The number of nitrogens with one attached hydrogen (secondary N) is 1. The van der Waals surface area contributed by atoms with Gasteiger partial charge in [0, 0.05) is 26.6 Å². The van der Waals surface area contributed by atoms with Crippen LogP contribution in [0.2, 0.25) is 0 Å². The fourth-order valence-electron chi connectivity index (χ4n) is 3.20. The van der Waals surface area contributed by atoms with Crippen molar-refractivity contribution in [3.05, 3.63) is 41.7 Å². The minimum Gasteiger partial charge on any atom is -0.347 e. The molecule has 1 N–H and O–H groups in total. The summed E-state index contributed by atoms with van der Waals surface area (Å²) >= 11 is 0. The van der Waals surface area contributed by atoms with Gasteiger partial charge in [-0.15, -0.1) is 0 Å². The highest BCUT2D eigenvalue weighted by atomic mass is 15.3. The van der Waals surface area contributed by atoms with E-state index in [1.165, 1.54) is 31.5 Å². The van der Waals surface area contributed by atoms with Crippen LogP contribution in [0.3, 0.4) is 0 Å². The molecule has 0 saturated carbocycles. The topological polar surface area (TPSA) is 57.2 Å². The molecule has 1 aromatic carbocycles. The van der Waals surface area contributed by atoms with E-state index in [0.717, 1.165) is 12.4 Å². The molecule has 1 aromatic heterocycles. The number of aromatic nitrogens is 3. The number of hydrogen-bond acceptors (Lipinski definition) is 6. The lowest BCUT2D eigenvalue weighted by atomic mass is 10.1. The molecule has 0 radical (unpaired) electrons. The summed E-state index contributed by atoms with van der Waals surface area (Å²) in [5.41, 5.74) is 1.26. The van der Waals surface area contributed by atoms with Crippen molar-refractivity contribution in [3.63, 3.8) is 0 Å². The van der Waals surface area contributed by atoms with Gasteiger partial charge in [-0.3, -0.25) is 0 Å². The zero-order valence-corrected chi connectivity index (χ0v) is 16.3. The molecule has 3 rings (SSSR count). The van der Waals surface area contributed by atoms with E-state index in [1.807, 2.05) is 19.0 Å². The standard InChI is InChI=1S/C20H30N6/c1-15(2)18-22-19(24-20(23-18)25(3)4)21-17(14-26-12-8-9-13-26)16-10-6-5-7-11-16/h5-7,10-11,15,17H,8-9,12-14H2,1-4H3,(H,21,22,23,24). The molecule has 1 atom stereocenters. The van der Waals surface area contributed by atoms with Crippen LogP contribution in [0.5, 0.6) is 0 Å². The molecule has 1 unspecified atom stereocenters. The predicted octanol–water partition coefficient (Wildman–Crippen LogP) is 3.31. The second kappa shape index (κ2) is 8.45. The molecule has 0 aliphatic carbocycles. The Balaban J connectivity index is 1.87. The Morgan fingerprint density at radius 1 is 1.04 bits per heavy atom. The van der Waals surface area contributed by atoms with E-state index in [0.29, 0.717) is 11.9 Å². The number of anilines is 2. The van der Waals surface area contributed by atoms with Gasteiger partial charge in [-0.1, -0.05) is 44.2 Å². The summed E-state index contributed by atoms with van der Waals surface area (Å²) in [5.74, 6) is 2.42. The summed E-state index contributed by atoms with van der Waals surface area (Å²) in [7, 11) is 3.92. The zero-order chi connectivity index (χ0) is 18.5. The Morgan fingerprint density at radius 3 is 2.35 bits per heavy atom. The molecule has 1 aliphatic heterocycles. The molecule has 2 aromatic rings. The highest BCUT2D eigenvalue weighted by Gasteiger charge is 2.21. The summed E-state index contributed by atoms with van der Waals surface area (Å²) in [6.45, 7) is 7.52. The SMILES string of the molecule is CC(C)c1nc(NC(CN2CCCC2)c2ccccc2)nc(N(C)C)n1. The summed E-state index contributed by atoms with van der Waals surface area (Å²) < 4.78 is 0. The van der Waals surface area contributed by atoms with Gasteiger partial charge >= 0.3 is 0 Å². The summed E-state index contributed by atoms with van der Waals surface area (Å²) in [6.07, 6.45) is 2.57. The average Bonchev–Trinajstić information content (AvgIpc) is 3.14. The lowest BCUT2D eigenvalue weighted by Gasteiger charge is -2.25. The van der Waals surface area contributed by atoms with E-state index >= 15 is 0 Å². The van der Waals surface area contributed by atoms with Crippen LogP contribution in [0.25, 0.3) is 0 Å². The van der Waals surface area contributed by atoms with Crippen LogP contribution in [0.15, 0.2) is 30.3 Å². The van der Waals surface area contributed by atoms with E-state index in [9.17, 15) is 0 Å². The van der Waals surface area contributed by atoms with Gasteiger partial charge < -0.3 is 15.1 Å². The maximum absolute atomic E-state index is 4.68. The molecular formula is C20H30N6. The van der Waals surface area contributed by atoms with Crippen LogP contribution >= 0.6 is 0 Å². The third-order valence-electron chi connectivity index (χ3n) is 4.70. The van der Waals surface area contributed by atoms with Crippen molar-refractivity contribution in [2.45, 2.75) is 38.6 Å². The smallest absolute Gasteiger partial charge is 0.229 e. The van der Waals surface area contributed by atoms with Gasteiger partial charge in [-0.2, -0.15) is 15.0 Å². The molecule has 1 aliphatic rings. The van der Waals surface area contributed by atoms with Gasteiger partial charge in [0.25, 0.3) is 0 Å². The number of hydrogen-bond donors (Lipinski definition) is 1. The number of likely N-dealkylation sites (tertiary alicyclic amines) is 1. The molecule has 6 nitrogen and oxygen atoms in total. The van der Waals surface area contributed by atoms with Crippen molar-refractivity contribution < 1.29 is 0 Å². The number of benzene rings is 1. The Bertz CT molecular complexity index is 668. The van der Waals surface area contributed by atoms with Crippen LogP contribution in [0, 0.1) is 0 Å². The maximum atomic E-state index is 4.68. The van der Waals surface area contributed by atoms with Crippen molar-refractivity contribution in [2.24, 2.45) is 0 Å². The molecule has 2 heterocycles. The normalized spacial score (nSPS) is 16.0. The Hall–Kier alpha value is -2.21. The number of rotatable bonds is 7. The van der Waals surface area contributed by atoms with E-state index in [1.54, 1.807) is 0 Å². The minimum absolute atomic E-state index is 0.159. The van der Waals surface area contributed by atoms with Crippen molar-refractivity contribution in [3.8, 4) is 0 Å². The molecule has 1 fully saturated rings. The minimum atomic E-state index is 0.159. The Kier molecular flexibility index (Phi) is 6.04. The lowest BCUT2D eigenvalue weighted by molar-refractivity contribution is 0.323. The van der Waals surface area contributed by atoms with Gasteiger partial charge in [-0.25, -0.2) is 0 Å². The average molecular weight is 355 g/mol. The highest BCUT2D eigenvalue weighted by molar-refractivity contribution is 5.39. The van der Waals surface area contributed by atoms with Crippen LogP contribution in [0.1, 0.15) is 50.0 Å². The fourth-order valence-corrected chi connectivity index (χ4v) is 3.20. The molecular weight excluding hydrogens is 324 g/mol. The molecule has 140 valence electrons. The van der Waals surface area contributed by atoms with Gasteiger partial charge in [0.05, 0.1) is 6.04 Å². The second-order valence-electron chi connectivity index (χ2n) is 7.48. The first-order chi connectivity index (χ1) is 12.5. The van der Waals surface area contributed by atoms with Crippen LogP contribution < -0.4 is 10.2 Å². The fraction of sp³-hybridized carbons (Fsp3) is 0.550. The van der Waals surface area contributed by atoms with Gasteiger partial charge in [0.2, 0.25) is 11.9 Å². The Morgan fingerprint density at radius 2 is 1.73 bits per heavy atom. The van der Waals surface area contributed by atoms with Crippen LogP contribution in [-0.4, -0.2) is 53.6 Å². The van der Waals surface area contributed by atoms with Crippen molar-refractivity contribution in [1.82, 2.24) is 19.9 Å². The van der Waals surface area contributed by atoms with Gasteiger partial charge in [-0.05, 0) is 31.5 Å². The monoisotopic (exact) mass is 354 g/mol. The first kappa shape index (κ1) is 18.6. The zero-order valence-electron chi connectivity index (χ0n) is 16.3. The van der Waals surface area contributed by atoms with E-state index in [-0.39, 0.29) is 12.0 Å². The first-order valence-electron chi connectivity index (χ1n) is 9.50. The molecule has 0 bridgehead atoms. The van der Waals surface area contributed by atoms with Crippen molar-refractivity contribution >= 4 is 11.9 Å². The van der Waals surface area contributed by atoms with Crippen molar-refractivity contribution in [1.29, 1.82) is 0 Å². The van der Waals surface area contributed by atoms with Crippen molar-refractivity contribution in [2.75, 3.05) is 43.9 Å². The maximum Gasteiger partial charge on any atom is 0.229 e. The molecule has 0 spiro atoms. The van der Waals surface area contributed by atoms with Crippen LogP contribution in [-0.2, 0) is 0 Å². The predicted molar refractivity (Wildman–Crippen MR) is 107 cm³/mol. The van der Waals surface area contributed by atoms with Gasteiger partial charge in [0.1, 0.15) is 5.82 Å². The van der Waals surface area contributed by atoms with Gasteiger partial charge in [0.15, 0.2) is 0 Å². The molecule has 6 heteroatoms.